The van der Waals surface area contributed by atoms with Crippen LogP contribution in [-0.4, -0.2) is 5.91 Å². The fourth-order valence-corrected chi connectivity index (χ4v) is 3.50. The van der Waals surface area contributed by atoms with Crippen LogP contribution >= 0.6 is 27.5 Å². The number of rotatable bonds is 6. The summed E-state index contributed by atoms with van der Waals surface area (Å²) < 4.78 is 6.80. The highest BCUT2D eigenvalue weighted by atomic mass is 79.9. The Morgan fingerprint density at radius 3 is 2.71 bits per heavy atom. The molecule has 156 valence electrons. The van der Waals surface area contributed by atoms with E-state index in [0.29, 0.717) is 28.6 Å². The zero-order chi connectivity index (χ0) is 22.4. The molecular weight excluding hydrogens is 476 g/mol. The number of anilines is 1. The highest BCUT2D eigenvalue weighted by Gasteiger charge is 2.13. The highest BCUT2D eigenvalue weighted by molar-refractivity contribution is 9.10. The number of halogens is 2. The Bertz CT molecular complexity index is 1200. The van der Waals surface area contributed by atoms with Crippen LogP contribution in [0.5, 0.6) is 5.75 Å². The van der Waals surface area contributed by atoms with Gasteiger partial charge in [-0.05, 0) is 61.4 Å². The molecule has 0 saturated heterocycles. The number of aryl methyl sites for hydroxylation is 2. The van der Waals surface area contributed by atoms with Crippen molar-refractivity contribution in [3.05, 3.63) is 98.0 Å². The molecule has 3 aromatic rings. The fourth-order valence-electron chi connectivity index (χ4n) is 2.95. The average molecular weight is 496 g/mol. The summed E-state index contributed by atoms with van der Waals surface area (Å²) in [5, 5.41) is 12.9. The Balaban J connectivity index is 1.85. The topological polar surface area (TPSA) is 62.1 Å². The van der Waals surface area contributed by atoms with Gasteiger partial charge in [0.2, 0.25) is 0 Å². The molecule has 0 radical (unpaired) electrons. The first-order valence-corrected chi connectivity index (χ1v) is 10.7. The minimum absolute atomic E-state index is 0.0436. The van der Waals surface area contributed by atoms with Gasteiger partial charge in [-0.1, -0.05) is 63.4 Å². The minimum atomic E-state index is -0.516. The molecule has 31 heavy (non-hydrogen) atoms. The molecule has 0 spiro atoms. The van der Waals surface area contributed by atoms with E-state index >= 15 is 0 Å². The van der Waals surface area contributed by atoms with Crippen LogP contribution in [0.15, 0.2) is 70.7 Å². The molecule has 0 saturated carbocycles. The van der Waals surface area contributed by atoms with Crippen LogP contribution < -0.4 is 10.1 Å². The van der Waals surface area contributed by atoms with Gasteiger partial charge in [0.05, 0.1) is 0 Å². The quantitative estimate of drug-likeness (QED) is 0.301. The van der Waals surface area contributed by atoms with E-state index in [-0.39, 0.29) is 5.57 Å². The maximum absolute atomic E-state index is 12.7. The van der Waals surface area contributed by atoms with Crippen molar-refractivity contribution in [2.75, 3.05) is 5.32 Å². The van der Waals surface area contributed by atoms with E-state index in [9.17, 15) is 10.1 Å². The van der Waals surface area contributed by atoms with Gasteiger partial charge in [0.1, 0.15) is 24.0 Å². The molecule has 0 aromatic heterocycles. The van der Waals surface area contributed by atoms with E-state index in [4.69, 9.17) is 16.3 Å². The SMILES string of the molecule is Cc1cccc(COc2ccc(Br)cc2/C=C(\C#N)C(=O)Nc2cc(Cl)ccc2C)c1. The molecule has 0 heterocycles. The van der Waals surface area contributed by atoms with Crippen LogP contribution in [0, 0.1) is 25.2 Å². The normalized spacial score (nSPS) is 11.0. The maximum Gasteiger partial charge on any atom is 0.266 e. The van der Waals surface area contributed by atoms with Gasteiger partial charge in [0.15, 0.2) is 0 Å². The van der Waals surface area contributed by atoms with Crippen molar-refractivity contribution in [3.8, 4) is 11.8 Å². The number of hydrogen-bond donors (Lipinski definition) is 1. The molecule has 1 amide bonds. The zero-order valence-electron chi connectivity index (χ0n) is 17.1. The number of amides is 1. The predicted octanol–water partition coefficient (Wildman–Crippen LogP) is 6.84. The lowest BCUT2D eigenvalue weighted by Gasteiger charge is -2.12. The Labute approximate surface area is 195 Å². The lowest BCUT2D eigenvalue weighted by atomic mass is 10.1. The maximum atomic E-state index is 12.7. The molecule has 0 aliphatic heterocycles. The van der Waals surface area contributed by atoms with E-state index in [1.807, 2.05) is 44.2 Å². The first-order chi connectivity index (χ1) is 14.9. The molecule has 0 aliphatic carbocycles. The minimum Gasteiger partial charge on any atom is -0.488 e. The summed E-state index contributed by atoms with van der Waals surface area (Å²) in [6.07, 6.45) is 1.52. The van der Waals surface area contributed by atoms with E-state index in [0.717, 1.165) is 21.2 Å². The summed E-state index contributed by atoms with van der Waals surface area (Å²) in [6.45, 7) is 4.25. The first kappa shape index (κ1) is 22.6. The number of nitrogens with zero attached hydrogens (tertiary/aromatic N) is 1. The van der Waals surface area contributed by atoms with Gasteiger partial charge in [0, 0.05) is 20.7 Å². The smallest absolute Gasteiger partial charge is 0.266 e. The van der Waals surface area contributed by atoms with Crippen molar-refractivity contribution in [1.29, 1.82) is 5.26 Å². The van der Waals surface area contributed by atoms with E-state index in [1.165, 1.54) is 6.08 Å². The molecular formula is C25H20BrClN2O2. The van der Waals surface area contributed by atoms with Crippen molar-refractivity contribution >= 4 is 45.2 Å². The standard InChI is InChI=1S/C25H20BrClN2O2/c1-16-4-3-5-18(10-16)15-31-24-9-7-21(26)12-19(24)11-20(14-28)25(30)29-23-13-22(27)8-6-17(23)2/h3-13H,15H2,1-2H3,(H,29,30)/b20-11+. The van der Waals surface area contributed by atoms with E-state index in [1.54, 1.807) is 30.3 Å². The zero-order valence-corrected chi connectivity index (χ0v) is 19.4. The van der Waals surface area contributed by atoms with Gasteiger partial charge in [0.25, 0.3) is 5.91 Å². The van der Waals surface area contributed by atoms with Crippen molar-refractivity contribution in [3.63, 3.8) is 0 Å². The third-order valence-electron chi connectivity index (χ3n) is 4.56. The summed E-state index contributed by atoms with van der Waals surface area (Å²) in [5.74, 6) is 0.0571. The summed E-state index contributed by atoms with van der Waals surface area (Å²) >= 11 is 9.46. The summed E-state index contributed by atoms with van der Waals surface area (Å²) in [5.41, 5.74) is 4.17. The molecule has 1 N–H and O–H groups in total. The number of carbonyl (C=O) groups is 1. The molecule has 0 unspecified atom stereocenters. The largest absolute Gasteiger partial charge is 0.488 e. The monoisotopic (exact) mass is 494 g/mol. The molecule has 3 rings (SSSR count). The van der Waals surface area contributed by atoms with Gasteiger partial charge in [-0.25, -0.2) is 0 Å². The van der Waals surface area contributed by atoms with Crippen molar-refractivity contribution in [1.82, 2.24) is 0 Å². The van der Waals surface area contributed by atoms with Crippen LogP contribution in [0.2, 0.25) is 5.02 Å². The predicted molar refractivity (Wildman–Crippen MR) is 128 cm³/mol. The highest BCUT2D eigenvalue weighted by Crippen LogP contribution is 2.27. The van der Waals surface area contributed by atoms with Crippen molar-refractivity contribution < 1.29 is 9.53 Å². The molecule has 0 atom stereocenters. The molecule has 4 nitrogen and oxygen atoms in total. The van der Waals surface area contributed by atoms with Crippen LogP contribution in [0.25, 0.3) is 6.08 Å². The molecule has 0 aliphatic rings. The second-order valence-corrected chi connectivity index (χ2v) is 8.40. The van der Waals surface area contributed by atoms with Crippen LogP contribution in [-0.2, 0) is 11.4 Å². The van der Waals surface area contributed by atoms with E-state index < -0.39 is 5.91 Å². The van der Waals surface area contributed by atoms with Crippen LogP contribution in [0.3, 0.4) is 0 Å². The van der Waals surface area contributed by atoms with Crippen LogP contribution in [0.4, 0.5) is 5.69 Å². The summed E-state index contributed by atoms with van der Waals surface area (Å²) in [7, 11) is 0. The number of ether oxygens (including phenoxy) is 1. The Hall–Kier alpha value is -3.07. The Morgan fingerprint density at radius 2 is 1.97 bits per heavy atom. The lowest BCUT2D eigenvalue weighted by Crippen LogP contribution is -2.14. The van der Waals surface area contributed by atoms with Crippen molar-refractivity contribution in [2.24, 2.45) is 0 Å². The number of carbonyl (C=O) groups excluding carboxylic acids is 1. The number of nitrogens with one attached hydrogen (secondary N) is 1. The summed E-state index contributed by atoms with van der Waals surface area (Å²) in [6, 6.07) is 20.7. The van der Waals surface area contributed by atoms with Gasteiger partial charge in [-0.3, -0.25) is 4.79 Å². The second-order valence-electron chi connectivity index (χ2n) is 7.04. The average Bonchev–Trinajstić information content (AvgIpc) is 2.74. The third-order valence-corrected chi connectivity index (χ3v) is 5.29. The van der Waals surface area contributed by atoms with Gasteiger partial charge < -0.3 is 10.1 Å². The molecule has 0 fully saturated rings. The number of nitriles is 1. The van der Waals surface area contributed by atoms with E-state index in [2.05, 4.69) is 27.3 Å². The van der Waals surface area contributed by atoms with Gasteiger partial charge >= 0.3 is 0 Å². The molecule has 6 heteroatoms. The Kier molecular flexibility index (Phi) is 7.51. The fraction of sp³-hybridized carbons (Fsp3) is 0.120. The summed E-state index contributed by atoms with van der Waals surface area (Å²) in [4.78, 5) is 12.7. The van der Waals surface area contributed by atoms with Crippen LogP contribution in [0.1, 0.15) is 22.3 Å². The van der Waals surface area contributed by atoms with Gasteiger partial charge in [-0.15, -0.1) is 0 Å². The number of hydrogen-bond acceptors (Lipinski definition) is 3. The molecule has 0 bridgehead atoms. The van der Waals surface area contributed by atoms with Gasteiger partial charge in [-0.2, -0.15) is 5.26 Å². The lowest BCUT2D eigenvalue weighted by molar-refractivity contribution is -0.112. The van der Waals surface area contributed by atoms with Crippen molar-refractivity contribution in [2.45, 2.75) is 20.5 Å². The number of benzene rings is 3. The molecule has 3 aromatic carbocycles. The second kappa shape index (κ2) is 10.3. The third kappa shape index (κ3) is 6.21. The Morgan fingerprint density at radius 1 is 1.16 bits per heavy atom. The first-order valence-electron chi connectivity index (χ1n) is 9.53.